The van der Waals surface area contributed by atoms with E-state index >= 15 is 0 Å². The van der Waals surface area contributed by atoms with Gasteiger partial charge in [-0.1, -0.05) is 0 Å². The lowest BCUT2D eigenvalue weighted by Gasteiger charge is -2.25. The Hall–Kier alpha value is -1.93. The zero-order chi connectivity index (χ0) is 15.2. The summed E-state index contributed by atoms with van der Waals surface area (Å²) in [5.41, 5.74) is 0. The van der Waals surface area contributed by atoms with Crippen molar-refractivity contribution in [1.82, 2.24) is 0 Å². The van der Waals surface area contributed by atoms with Gasteiger partial charge in [0.25, 0.3) is 0 Å². The van der Waals surface area contributed by atoms with E-state index in [0.29, 0.717) is 0 Å². The first kappa shape index (κ1) is 15.5. The molecule has 5 heteroatoms. The Morgan fingerprint density at radius 3 is 1.38 bits per heavy atom. The van der Waals surface area contributed by atoms with Crippen molar-refractivity contribution in [2.24, 2.45) is 0 Å². The molecule has 0 amide bonds. The summed E-state index contributed by atoms with van der Waals surface area (Å²) in [5.74, 6) is 3.20. The van der Waals surface area contributed by atoms with Crippen molar-refractivity contribution in [3.63, 3.8) is 0 Å². The van der Waals surface area contributed by atoms with Gasteiger partial charge < -0.3 is 27.5 Å². The predicted molar refractivity (Wildman–Crippen MR) is 85.3 cm³/mol. The summed E-state index contributed by atoms with van der Waals surface area (Å²) in [4.78, 5) is 0. The van der Waals surface area contributed by atoms with Crippen LogP contribution >= 0.6 is 8.58 Å². The first-order chi connectivity index (χ1) is 10.2. The third-order valence-corrected chi connectivity index (χ3v) is 4.19. The molecule has 0 unspecified atom stereocenters. The van der Waals surface area contributed by atoms with E-state index in [-0.39, 0.29) is 0 Å². The third kappa shape index (κ3) is 3.59. The van der Waals surface area contributed by atoms with Crippen molar-refractivity contribution < 1.29 is 18.9 Å². The smallest absolute Gasteiger partial charge is 0.116 e. The number of benzene rings is 2. The number of methoxy groups -OCH3 is 4. The number of hydrogen-bond acceptors (Lipinski definition) is 4. The van der Waals surface area contributed by atoms with Gasteiger partial charge in [-0.3, -0.25) is 0 Å². The van der Waals surface area contributed by atoms with Gasteiger partial charge in [0.05, 0.1) is 39.9 Å². The Morgan fingerprint density at radius 1 is 0.619 bits per heavy atom. The zero-order valence-electron chi connectivity index (χ0n) is 12.5. The van der Waals surface area contributed by atoms with E-state index in [4.69, 9.17) is 18.9 Å². The van der Waals surface area contributed by atoms with E-state index in [2.05, 4.69) is 0 Å². The Balaban J connectivity index is 2.40. The van der Waals surface area contributed by atoms with Gasteiger partial charge in [-0.2, -0.15) is 10.6 Å². The van der Waals surface area contributed by atoms with Gasteiger partial charge in [0.15, 0.2) is 0 Å². The molecular formula is C16H18O4P-. The molecule has 0 atom stereocenters. The van der Waals surface area contributed by atoms with Gasteiger partial charge >= 0.3 is 0 Å². The second-order valence-electron chi connectivity index (χ2n) is 4.19. The Morgan fingerprint density at radius 2 is 1.05 bits per heavy atom. The molecule has 0 saturated carbocycles. The standard InChI is InChI=1S/C16H18O4P/c1-17-11-5-7-13(19-3)15(9-11)21-16-10-12(18-2)6-8-14(16)20-4/h5-10H,1-4H3/q-1. The minimum atomic E-state index is 0.792. The fourth-order valence-corrected chi connectivity index (χ4v) is 3.09. The van der Waals surface area contributed by atoms with Crippen molar-refractivity contribution in [3.8, 4) is 23.0 Å². The number of ether oxygens (including phenoxy) is 4. The van der Waals surface area contributed by atoms with Crippen LogP contribution in [-0.4, -0.2) is 28.4 Å². The molecule has 2 aromatic carbocycles. The molecule has 0 aliphatic carbocycles. The Kier molecular flexibility index (Phi) is 5.29. The molecule has 0 aromatic heterocycles. The lowest BCUT2D eigenvalue weighted by Crippen LogP contribution is -2.10. The molecule has 0 bridgehead atoms. The Labute approximate surface area is 126 Å². The molecule has 0 aliphatic heterocycles. The van der Waals surface area contributed by atoms with Crippen LogP contribution in [0.2, 0.25) is 0 Å². The number of rotatable bonds is 6. The van der Waals surface area contributed by atoms with Gasteiger partial charge in [0, 0.05) is 0 Å². The van der Waals surface area contributed by atoms with Gasteiger partial charge in [-0.25, -0.2) is 0 Å². The molecule has 112 valence electrons. The van der Waals surface area contributed by atoms with E-state index in [1.165, 1.54) is 0 Å². The molecule has 0 aliphatic rings. The molecule has 0 fully saturated rings. The van der Waals surface area contributed by atoms with Crippen molar-refractivity contribution >= 4 is 19.2 Å². The molecular weight excluding hydrogens is 287 g/mol. The quantitative estimate of drug-likeness (QED) is 0.769. The highest BCUT2D eigenvalue weighted by Crippen LogP contribution is 2.28. The molecule has 0 radical (unpaired) electrons. The summed E-state index contributed by atoms with van der Waals surface area (Å²) in [6.45, 7) is 0. The van der Waals surface area contributed by atoms with Gasteiger partial charge in [0.2, 0.25) is 0 Å². The second-order valence-corrected chi connectivity index (χ2v) is 5.37. The molecule has 21 heavy (non-hydrogen) atoms. The monoisotopic (exact) mass is 305 g/mol. The first-order valence-corrected chi connectivity index (χ1v) is 7.27. The van der Waals surface area contributed by atoms with Crippen LogP contribution in [-0.2, 0) is 0 Å². The summed E-state index contributed by atoms with van der Waals surface area (Å²) in [5, 5.41) is 2.01. The van der Waals surface area contributed by atoms with Crippen LogP contribution in [0.3, 0.4) is 0 Å². The lowest BCUT2D eigenvalue weighted by molar-refractivity contribution is 0.405. The highest BCUT2D eigenvalue weighted by atomic mass is 31.1. The maximum Gasteiger partial charge on any atom is 0.116 e. The number of hydrogen-bond donors (Lipinski definition) is 0. The summed E-state index contributed by atoms with van der Waals surface area (Å²) >= 11 is 0. The average molecular weight is 305 g/mol. The van der Waals surface area contributed by atoms with E-state index in [0.717, 1.165) is 42.2 Å². The Bertz CT molecular complexity index is 560. The minimum absolute atomic E-state index is 0.792. The zero-order valence-corrected chi connectivity index (χ0v) is 13.4. The SMILES string of the molecule is COc1ccc(OC)c([P-]c2cc(OC)ccc2OC)c1. The molecule has 0 spiro atoms. The minimum Gasteiger partial charge on any atom is -0.499 e. The fourth-order valence-electron chi connectivity index (χ4n) is 1.90. The summed E-state index contributed by atoms with van der Waals surface area (Å²) in [6.07, 6.45) is 0. The van der Waals surface area contributed by atoms with Crippen LogP contribution in [0.1, 0.15) is 0 Å². The fraction of sp³-hybridized carbons (Fsp3) is 0.250. The molecule has 2 rings (SSSR count). The normalized spacial score (nSPS) is 10.1. The molecule has 2 aromatic rings. The molecule has 4 nitrogen and oxygen atoms in total. The van der Waals surface area contributed by atoms with Crippen LogP contribution in [0, 0.1) is 0 Å². The summed E-state index contributed by atoms with van der Waals surface area (Å²) in [6, 6.07) is 11.5. The topological polar surface area (TPSA) is 36.9 Å². The van der Waals surface area contributed by atoms with Crippen LogP contribution in [0.4, 0.5) is 0 Å². The first-order valence-electron chi connectivity index (χ1n) is 6.37. The van der Waals surface area contributed by atoms with Crippen LogP contribution in [0.15, 0.2) is 36.4 Å². The van der Waals surface area contributed by atoms with E-state index in [1.807, 2.05) is 36.4 Å². The van der Waals surface area contributed by atoms with E-state index in [9.17, 15) is 0 Å². The van der Waals surface area contributed by atoms with Crippen LogP contribution in [0.25, 0.3) is 0 Å². The van der Waals surface area contributed by atoms with Gasteiger partial charge in [0.1, 0.15) is 11.5 Å². The predicted octanol–water partition coefficient (Wildman–Crippen LogP) is 2.62. The molecule has 0 N–H and O–H groups in total. The van der Waals surface area contributed by atoms with Crippen molar-refractivity contribution in [1.29, 1.82) is 0 Å². The van der Waals surface area contributed by atoms with Crippen LogP contribution < -0.4 is 29.6 Å². The lowest BCUT2D eigenvalue weighted by atomic mass is 10.3. The molecule has 0 heterocycles. The average Bonchev–Trinajstić information content (AvgIpc) is 2.54. The van der Waals surface area contributed by atoms with Gasteiger partial charge in [-0.05, 0) is 36.4 Å². The van der Waals surface area contributed by atoms with Crippen molar-refractivity contribution in [2.45, 2.75) is 0 Å². The maximum absolute atomic E-state index is 5.41. The largest absolute Gasteiger partial charge is 0.499 e. The van der Waals surface area contributed by atoms with Crippen LogP contribution in [0.5, 0.6) is 23.0 Å². The summed E-state index contributed by atoms with van der Waals surface area (Å²) in [7, 11) is 7.57. The third-order valence-electron chi connectivity index (χ3n) is 3.01. The van der Waals surface area contributed by atoms with E-state index < -0.39 is 0 Å². The summed E-state index contributed by atoms with van der Waals surface area (Å²) < 4.78 is 21.4. The second kappa shape index (κ2) is 7.19. The highest BCUT2D eigenvalue weighted by molar-refractivity contribution is 7.56. The van der Waals surface area contributed by atoms with Crippen molar-refractivity contribution in [3.05, 3.63) is 36.4 Å². The highest BCUT2D eigenvalue weighted by Gasteiger charge is 2.01. The van der Waals surface area contributed by atoms with E-state index in [1.54, 1.807) is 28.4 Å². The van der Waals surface area contributed by atoms with Crippen molar-refractivity contribution in [2.75, 3.05) is 28.4 Å². The van der Waals surface area contributed by atoms with Gasteiger partial charge in [-0.15, -0.1) is 0 Å². The molecule has 0 saturated heterocycles. The maximum atomic E-state index is 5.41.